The predicted octanol–water partition coefficient (Wildman–Crippen LogP) is 4.71. The van der Waals surface area contributed by atoms with E-state index in [1.807, 2.05) is 11.8 Å². The highest BCUT2D eigenvalue weighted by Gasteiger charge is 2.20. The number of hydrogen-bond acceptors (Lipinski definition) is 2. The van der Waals surface area contributed by atoms with Gasteiger partial charge in [-0.3, -0.25) is 0 Å². The molecule has 0 aliphatic heterocycles. The monoisotopic (exact) mass is 283 g/mol. The molecule has 1 aliphatic rings. The molecule has 0 bridgehead atoms. The summed E-state index contributed by atoms with van der Waals surface area (Å²) in [6.45, 7) is 5.33. The molecule has 2 heteroatoms. The van der Waals surface area contributed by atoms with Gasteiger partial charge < -0.3 is 5.32 Å². The van der Waals surface area contributed by atoms with Crippen LogP contribution >= 0.6 is 11.8 Å². The lowest BCUT2D eigenvalue weighted by molar-refractivity contribution is 0.680. The van der Waals surface area contributed by atoms with Crippen molar-refractivity contribution >= 4 is 11.8 Å². The number of rotatable bonds is 5. The summed E-state index contributed by atoms with van der Waals surface area (Å²) in [6.07, 6.45) is 2.68. The maximum absolute atomic E-state index is 3.61. The Morgan fingerprint density at radius 1 is 1.05 bits per heavy atom. The molecule has 2 aromatic rings. The summed E-state index contributed by atoms with van der Waals surface area (Å²) < 4.78 is 0. The van der Waals surface area contributed by atoms with Gasteiger partial charge in [-0.1, -0.05) is 36.0 Å². The molecule has 0 atom stereocenters. The van der Waals surface area contributed by atoms with Crippen molar-refractivity contribution in [2.45, 2.75) is 49.1 Å². The van der Waals surface area contributed by atoms with Crippen LogP contribution in [0.5, 0.6) is 0 Å². The second kappa shape index (κ2) is 6.02. The molecule has 1 N–H and O–H groups in total. The Kier molecular flexibility index (Phi) is 4.13. The van der Waals surface area contributed by atoms with Crippen LogP contribution in [0.25, 0.3) is 0 Å². The van der Waals surface area contributed by atoms with E-state index < -0.39 is 0 Å². The zero-order valence-corrected chi connectivity index (χ0v) is 13.0. The van der Waals surface area contributed by atoms with E-state index in [0.717, 1.165) is 12.6 Å². The highest BCUT2D eigenvalue weighted by molar-refractivity contribution is 7.99. The molecule has 104 valence electrons. The molecular formula is C18H21NS. The van der Waals surface area contributed by atoms with E-state index in [9.17, 15) is 0 Å². The van der Waals surface area contributed by atoms with Gasteiger partial charge in [0.15, 0.2) is 0 Å². The molecule has 1 aliphatic carbocycles. The standard InChI is InChI=1S/C18H21NS/c1-13-7-10-17(11-14(13)2)20-18-6-4-3-5-15(18)12-19-16-8-9-16/h3-7,10-11,16,19H,8-9,12H2,1-2H3. The topological polar surface area (TPSA) is 12.0 Å². The first-order chi connectivity index (χ1) is 9.72. The van der Waals surface area contributed by atoms with Crippen molar-refractivity contribution in [2.75, 3.05) is 0 Å². The minimum atomic E-state index is 0.759. The van der Waals surface area contributed by atoms with Crippen LogP contribution < -0.4 is 5.32 Å². The van der Waals surface area contributed by atoms with Crippen molar-refractivity contribution in [3.8, 4) is 0 Å². The second-order valence-corrected chi connectivity index (χ2v) is 6.73. The lowest BCUT2D eigenvalue weighted by atomic mass is 10.1. The molecule has 0 heterocycles. The summed E-state index contributed by atoms with van der Waals surface area (Å²) in [5.41, 5.74) is 4.13. The molecule has 0 aromatic heterocycles. The van der Waals surface area contributed by atoms with Crippen LogP contribution in [0.4, 0.5) is 0 Å². The maximum Gasteiger partial charge on any atom is 0.0219 e. The minimum Gasteiger partial charge on any atom is -0.310 e. The van der Waals surface area contributed by atoms with Gasteiger partial charge in [0.2, 0.25) is 0 Å². The normalized spacial score (nSPS) is 14.5. The molecular weight excluding hydrogens is 262 g/mol. The van der Waals surface area contributed by atoms with Gasteiger partial charge >= 0.3 is 0 Å². The van der Waals surface area contributed by atoms with Crippen molar-refractivity contribution in [1.29, 1.82) is 0 Å². The molecule has 0 saturated heterocycles. The van der Waals surface area contributed by atoms with Gasteiger partial charge in [0, 0.05) is 22.4 Å². The van der Waals surface area contributed by atoms with Crippen LogP contribution in [-0.4, -0.2) is 6.04 Å². The highest BCUT2D eigenvalue weighted by Crippen LogP contribution is 2.32. The zero-order valence-electron chi connectivity index (χ0n) is 12.1. The number of benzene rings is 2. The molecule has 1 nitrogen and oxygen atoms in total. The van der Waals surface area contributed by atoms with Gasteiger partial charge in [0.1, 0.15) is 0 Å². The Hall–Kier alpha value is -1.25. The molecule has 20 heavy (non-hydrogen) atoms. The third kappa shape index (κ3) is 3.44. The van der Waals surface area contributed by atoms with Gasteiger partial charge in [-0.15, -0.1) is 0 Å². The Labute approximate surface area is 125 Å². The van der Waals surface area contributed by atoms with Crippen LogP contribution in [0.15, 0.2) is 52.3 Å². The molecule has 0 radical (unpaired) electrons. The summed E-state index contributed by atoms with van der Waals surface area (Å²) in [7, 11) is 0. The molecule has 0 amide bonds. The van der Waals surface area contributed by atoms with Crippen molar-refractivity contribution < 1.29 is 0 Å². The third-order valence-corrected chi connectivity index (χ3v) is 4.95. The molecule has 2 aromatic carbocycles. The Balaban J connectivity index is 1.76. The summed E-state index contributed by atoms with van der Waals surface area (Å²) in [5.74, 6) is 0. The lowest BCUT2D eigenvalue weighted by Crippen LogP contribution is -2.15. The summed E-state index contributed by atoms with van der Waals surface area (Å²) in [6, 6.07) is 16.2. The first kappa shape index (κ1) is 13.7. The van der Waals surface area contributed by atoms with E-state index in [1.165, 1.54) is 39.3 Å². The van der Waals surface area contributed by atoms with Crippen LogP contribution in [0.1, 0.15) is 29.5 Å². The van der Waals surface area contributed by atoms with Crippen LogP contribution in [0.2, 0.25) is 0 Å². The largest absolute Gasteiger partial charge is 0.310 e. The Morgan fingerprint density at radius 2 is 1.85 bits per heavy atom. The smallest absolute Gasteiger partial charge is 0.0219 e. The summed E-state index contributed by atoms with van der Waals surface area (Å²) in [4.78, 5) is 2.69. The first-order valence-corrected chi connectivity index (χ1v) is 8.10. The molecule has 0 unspecified atom stereocenters. The number of hydrogen-bond donors (Lipinski definition) is 1. The van der Waals surface area contributed by atoms with E-state index in [4.69, 9.17) is 0 Å². The van der Waals surface area contributed by atoms with E-state index in [-0.39, 0.29) is 0 Å². The highest BCUT2D eigenvalue weighted by atomic mass is 32.2. The Morgan fingerprint density at radius 3 is 2.60 bits per heavy atom. The fourth-order valence-electron chi connectivity index (χ4n) is 2.20. The van der Waals surface area contributed by atoms with Gasteiger partial charge in [0.25, 0.3) is 0 Å². The number of nitrogens with one attached hydrogen (secondary N) is 1. The van der Waals surface area contributed by atoms with Crippen molar-refractivity contribution in [1.82, 2.24) is 5.32 Å². The fraction of sp³-hybridized carbons (Fsp3) is 0.333. The zero-order chi connectivity index (χ0) is 13.9. The fourth-order valence-corrected chi connectivity index (χ4v) is 3.24. The summed E-state index contributed by atoms with van der Waals surface area (Å²) >= 11 is 1.87. The molecule has 3 rings (SSSR count). The summed E-state index contributed by atoms with van der Waals surface area (Å²) in [5, 5.41) is 3.61. The first-order valence-electron chi connectivity index (χ1n) is 7.29. The average molecular weight is 283 g/mol. The average Bonchev–Trinajstić information content (AvgIpc) is 3.26. The maximum atomic E-state index is 3.61. The number of aryl methyl sites for hydroxylation is 2. The Bertz CT molecular complexity index is 602. The third-order valence-electron chi connectivity index (χ3n) is 3.84. The van der Waals surface area contributed by atoms with Crippen molar-refractivity contribution in [3.05, 3.63) is 59.2 Å². The van der Waals surface area contributed by atoms with Crippen LogP contribution in [0, 0.1) is 13.8 Å². The second-order valence-electron chi connectivity index (χ2n) is 5.61. The van der Waals surface area contributed by atoms with Crippen LogP contribution in [-0.2, 0) is 6.54 Å². The quantitative estimate of drug-likeness (QED) is 0.853. The molecule has 1 fully saturated rings. The van der Waals surface area contributed by atoms with Crippen LogP contribution in [0.3, 0.4) is 0 Å². The van der Waals surface area contributed by atoms with Gasteiger partial charge in [-0.25, -0.2) is 0 Å². The molecule has 1 saturated carbocycles. The molecule has 0 spiro atoms. The van der Waals surface area contributed by atoms with E-state index >= 15 is 0 Å². The van der Waals surface area contributed by atoms with Gasteiger partial charge in [0.05, 0.1) is 0 Å². The van der Waals surface area contributed by atoms with Crippen molar-refractivity contribution in [2.24, 2.45) is 0 Å². The van der Waals surface area contributed by atoms with E-state index in [2.05, 4.69) is 61.6 Å². The minimum absolute atomic E-state index is 0.759. The van der Waals surface area contributed by atoms with Gasteiger partial charge in [-0.05, 0) is 61.6 Å². The van der Waals surface area contributed by atoms with Crippen molar-refractivity contribution in [3.63, 3.8) is 0 Å². The van der Waals surface area contributed by atoms with E-state index in [1.54, 1.807) is 0 Å². The predicted molar refractivity (Wildman–Crippen MR) is 86.3 cm³/mol. The SMILES string of the molecule is Cc1ccc(Sc2ccccc2CNC2CC2)cc1C. The van der Waals surface area contributed by atoms with Gasteiger partial charge in [-0.2, -0.15) is 0 Å². The lowest BCUT2D eigenvalue weighted by Gasteiger charge is -2.11. The van der Waals surface area contributed by atoms with E-state index in [0.29, 0.717) is 0 Å².